The van der Waals surface area contributed by atoms with Crippen molar-refractivity contribution in [3.63, 3.8) is 0 Å². The molecule has 1 aromatic heterocycles. The highest BCUT2D eigenvalue weighted by Gasteiger charge is 2.48. The van der Waals surface area contributed by atoms with Crippen LogP contribution >= 0.6 is 22.9 Å². The van der Waals surface area contributed by atoms with Gasteiger partial charge in [0.1, 0.15) is 5.54 Å². The Labute approximate surface area is 165 Å². The first-order valence-corrected chi connectivity index (χ1v) is 9.79. The third-order valence-electron chi connectivity index (χ3n) is 5.15. The van der Waals surface area contributed by atoms with E-state index in [1.165, 1.54) is 11.0 Å². The molecule has 1 atom stereocenters. The maximum Gasteiger partial charge on any atom is 0.283 e. The van der Waals surface area contributed by atoms with Crippen molar-refractivity contribution in [1.82, 2.24) is 4.90 Å². The van der Waals surface area contributed by atoms with Crippen molar-refractivity contribution in [2.24, 2.45) is 0 Å². The number of amides is 1. The van der Waals surface area contributed by atoms with Gasteiger partial charge in [0.25, 0.3) is 11.6 Å². The van der Waals surface area contributed by atoms with E-state index in [4.69, 9.17) is 11.6 Å². The maximum atomic E-state index is 13.2. The highest BCUT2D eigenvalue weighted by molar-refractivity contribution is 7.14. The summed E-state index contributed by atoms with van der Waals surface area (Å²) >= 11 is 7.47. The number of halogens is 1. The van der Waals surface area contributed by atoms with Gasteiger partial charge >= 0.3 is 0 Å². The monoisotopic (exact) mass is 406 g/mol. The molecule has 1 saturated carbocycles. The highest BCUT2D eigenvalue weighted by Crippen LogP contribution is 2.43. The van der Waals surface area contributed by atoms with Crippen LogP contribution in [-0.4, -0.2) is 28.6 Å². The average Bonchev–Trinajstić information content (AvgIpc) is 3.04. The highest BCUT2D eigenvalue weighted by atomic mass is 35.5. The first-order chi connectivity index (χ1) is 12.8. The minimum Gasteiger partial charge on any atom is -0.324 e. The van der Waals surface area contributed by atoms with Gasteiger partial charge in [0.05, 0.1) is 14.7 Å². The molecule has 1 amide bonds. The van der Waals surface area contributed by atoms with E-state index in [0.29, 0.717) is 28.3 Å². The summed E-state index contributed by atoms with van der Waals surface area (Å²) in [6.45, 7) is 1.61. The van der Waals surface area contributed by atoms with Crippen LogP contribution in [0.25, 0.3) is 0 Å². The number of nitro groups is 1. The quantitative estimate of drug-likeness (QED) is 0.543. The van der Waals surface area contributed by atoms with Crippen LogP contribution in [-0.2, 0) is 10.3 Å². The third-order valence-corrected chi connectivity index (χ3v) is 6.51. The molecule has 0 saturated heterocycles. The Hall–Kier alpha value is -2.25. The van der Waals surface area contributed by atoms with E-state index >= 15 is 0 Å². The summed E-state index contributed by atoms with van der Waals surface area (Å²) < 4.78 is 0. The van der Waals surface area contributed by atoms with Crippen LogP contribution < -0.4 is 0 Å². The molecule has 3 rings (SSSR count). The Balaban J connectivity index is 2.09. The summed E-state index contributed by atoms with van der Waals surface area (Å²) in [5, 5.41) is 11.6. The zero-order valence-electron chi connectivity index (χ0n) is 15.0. The number of hydrogen-bond acceptors (Lipinski definition) is 5. The summed E-state index contributed by atoms with van der Waals surface area (Å²) in [6, 6.07) is 8.34. The number of carbonyl (C=O) groups is 2. The second-order valence-corrected chi connectivity index (χ2v) is 8.31. The summed E-state index contributed by atoms with van der Waals surface area (Å²) in [4.78, 5) is 39.0. The molecule has 6 nitrogen and oxygen atoms in total. The van der Waals surface area contributed by atoms with Crippen molar-refractivity contribution in [2.45, 2.75) is 38.1 Å². The van der Waals surface area contributed by atoms with Gasteiger partial charge in [-0.05, 0) is 32.3 Å². The smallest absolute Gasteiger partial charge is 0.283 e. The molecule has 0 spiro atoms. The zero-order chi connectivity index (χ0) is 19.8. The van der Waals surface area contributed by atoms with E-state index < -0.39 is 16.4 Å². The van der Waals surface area contributed by atoms with Crippen molar-refractivity contribution < 1.29 is 14.5 Å². The lowest BCUT2D eigenvalue weighted by Gasteiger charge is -2.43. The van der Waals surface area contributed by atoms with Crippen molar-refractivity contribution in [1.29, 1.82) is 0 Å². The van der Waals surface area contributed by atoms with Crippen LogP contribution in [0.15, 0.2) is 30.3 Å². The number of hydrogen-bond donors (Lipinski definition) is 0. The minimum absolute atomic E-state index is 0.0551. The van der Waals surface area contributed by atoms with Gasteiger partial charge in [-0.3, -0.25) is 19.7 Å². The topological polar surface area (TPSA) is 80.5 Å². The van der Waals surface area contributed by atoms with Crippen molar-refractivity contribution >= 4 is 40.3 Å². The fourth-order valence-electron chi connectivity index (χ4n) is 3.73. The summed E-state index contributed by atoms with van der Waals surface area (Å²) in [5.74, 6) is -0.466. The summed E-state index contributed by atoms with van der Waals surface area (Å²) in [5.41, 5.74) is -0.631. The standard InChI is InChI=1S/C19H19ClN2O4S/c1-12-15(22(25)26)11-16(27-12)18(24)21(2)19(10-6-5-9-17(19)23)13-7-3-4-8-14(13)20/h3-4,7-8,11H,5-6,9-10H2,1-2H3. The number of nitrogens with zero attached hydrogens (tertiary/aromatic N) is 2. The van der Waals surface area contributed by atoms with E-state index in [1.54, 1.807) is 38.2 Å². The van der Waals surface area contributed by atoms with Crippen molar-refractivity contribution in [3.8, 4) is 0 Å². The largest absolute Gasteiger partial charge is 0.324 e. The molecule has 27 heavy (non-hydrogen) atoms. The molecule has 1 aromatic carbocycles. The Morgan fingerprint density at radius 1 is 1.33 bits per heavy atom. The van der Waals surface area contributed by atoms with E-state index in [2.05, 4.69) is 0 Å². The Morgan fingerprint density at radius 2 is 2.04 bits per heavy atom. The first-order valence-electron chi connectivity index (χ1n) is 8.60. The minimum atomic E-state index is -1.15. The molecule has 2 aromatic rings. The molecular formula is C19H19ClN2O4S. The van der Waals surface area contributed by atoms with Gasteiger partial charge in [-0.25, -0.2) is 0 Å². The number of Topliss-reactive ketones (excluding diaryl/α,β-unsaturated/α-hetero) is 1. The van der Waals surface area contributed by atoms with Gasteiger partial charge < -0.3 is 4.90 Å². The molecule has 1 heterocycles. The van der Waals surface area contributed by atoms with E-state index in [9.17, 15) is 19.7 Å². The average molecular weight is 407 g/mol. The fourth-order valence-corrected chi connectivity index (χ4v) is 4.98. The van der Waals surface area contributed by atoms with E-state index in [0.717, 1.165) is 24.2 Å². The zero-order valence-corrected chi connectivity index (χ0v) is 16.6. The predicted octanol–water partition coefficient (Wildman–Crippen LogP) is 4.73. The van der Waals surface area contributed by atoms with Crippen LogP contribution in [0, 0.1) is 17.0 Å². The predicted molar refractivity (Wildman–Crippen MR) is 104 cm³/mol. The molecule has 0 bridgehead atoms. The summed E-state index contributed by atoms with van der Waals surface area (Å²) in [7, 11) is 1.58. The number of benzene rings is 1. The van der Waals surface area contributed by atoms with E-state index in [-0.39, 0.29) is 16.3 Å². The van der Waals surface area contributed by atoms with E-state index in [1.807, 2.05) is 0 Å². The Bertz CT molecular complexity index is 926. The lowest BCUT2D eigenvalue weighted by atomic mass is 9.74. The van der Waals surface area contributed by atoms with Gasteiger partial charge in [0.2, 0.25) is 0 Å². The molecule has 0 radical (unpaired) electrons. The van der Waals surface area contributed by atoms with Crippen LogP contribution in [0.2, 0.25) is 5.02 Å². The second kappa shape index (κ2) is 7.40. The number of ketones is 1. The van der Waals surface area contributed by atoms with Crippen molar-refractivity contribution in [3.05, 3.63) is 60.8 Å². The van der Waals surface area contributed by atoms with Gasteiger partial charge in [-0.2, -0.15) is 0 Å². The lowest BCUT2D eigenvalue weighted by Crippen LogP contribution is -2.54. The Morgan fingerprint density at radius 3 is 2.63 bits per heavy atom. The number of thiophene rings is 1. The number of rotatable bonds is 4. The van der Waals surface area contributed by atoms with Crippen LogP contribution in [0.4, 0.5) is 5.69 Å². The number of likely N-dealkylation sites (N-methyl/N-ethyl adjacent to an activating group) is 1. The number of aryl methyl sites for hydroxylation is 1. The first kappa shape index (κ1) is 19.5. The molecule has 1 fully saturated rings. The molecular weight excluding hydrogens is 388 g/mol. The Kier molecular flexibility index (Phi) is 5.35. The maximum absolute atomic E-state index is 13.2. The molecule has 1 aliphatic carbocycles. The molecule has 1 aliphatic rings. The van der Waals surface area contributed by atoms with Crippen molar-refractivity contribution in [2.75, 3.05) is 7.05 Å². The van der Waals surface area contributed by atoms with Crippen LogP contribution in [0.3, 0.4) is 0 Å². The van der Waals surface area contributed by atoms with Gasteiger partial charge in [-0.15, -0.1) is 11.3 Å². The normalized spacial score (nSPS) is 19.7. The van der Waals surface area contributed by atoms with Gasteiger partial charge in [0.15, 0.2) is 5.78 Å². The molecule has 0 aliphatic heterocycles. The SMILES string of the molecule is Cc1sc(C(=O)N(C)C2(c3ccccc3Cl)CCCCC2=O)cc1[N+](=O)[O-]. The second-order valence-electron chi connectivity index (χ2n) is 6.64. The molecule has 1 unspecified atom stereocenters. The van der Waals surface area contributed by atoms with Gasteiger partial charge in [0, 0.05) is 30.1 Å². The third kappa shape index (κ3) is 3.26. The molecule has 8 heteroatoms. The van der Waals surface area contributed by atoms with Crippen LogP contribution in [0.1, 0.15) is 45.8 Å². The summed E-state index contributed by atoms with van der Waals surface area (Å²) in [6.07, 6.45) is 2.41. The molecule has 0 N–H and O–H groups in total. The van der Waals surface area contributed by atoms with Gasteiger partial charge in [-0.1, -0.05) is 29.8 Å². The van der Waals surface area contributed by atoms with Crippen LogP contribution in [0.5, 0.6) is 0 Å². The number of carbonyl (C=O) groups excluding carboxylic acids is 2. The lowest BCUT2D eigenvalue weighted by molar-refractivity contribution is -0.385. The fraction of sp³-hybridized carbons (Fsp3) is 0.368. The molecule has 142 valence electrons.